The number of halogens is 1. The monoisotopic (exact) mass is 290 g/mol. The Balaban J connectivity index is 2.40. The number of hydrogen-bond donors (Lipinski definition) is 1. The van der Waals surface area contributed by atoms with Gasteiger partial charge in [-0.3, -0.25) is 4.79 Å². The Morgan fingerprint density at radius 1 is 1.20 bits per heavy atom. The summed E-state index contributed by atoms with van der Waals surface area (Å²) >= 11 is 5.88. The van der Waals surface area contributed by atoms with Crippen LogP contribution in [-0.4, -0.2) is 18.2 Å². The highest BCUT2D eigenvalue weighted by atomic mass is 35.5. The van der Waals surface area contributed by atoms with Crippen LogP contribution < -0.4 is 4.74 Å². The highest BCUT2D eigenvalue weighted by Crippen LogP contribution is 2.30. The summed E-state index contributed by atoms with van der Waals surface area (Å²) < 4.78 is 5.20. The van der Waals surface area contributed by atoms with E-state index in [1.807, 2.05) is 36.4 Å². The average Bonchev–Trinajstić information content (AvgIpc) is 2.46. The van der Waals surface area contributed by atoms with Crippen molar-refractivity contribution in [3.8, 4) is 5.75 Å². The predicted octanol–water partition coefficient (Wildman–Crippen LogP) is 3.96. The first-order valence-electron chi connectivity index (χ1n) is 6.21. The molecule has 3 nitrogen and oxygen atoms in total. The minimum absolute atomic E-state index is 0.0226. The molecule has 20 heavy (non-hydrogen) atoms. The lowest BCUT2D eigenvalue weighted by Crippen LogP contribution is -2.08. The van der Waals surface area contributed by atoms with Crippen LogP contribution in [-0.2, 0) is 4.79 Å². The van der Waals surface area contributed by atoms with Crippen molar-refractivity contribution < 1.29 is 14.6 Å². The van der Waals surface area contributed by atoms with Gasteiger partial charge in [-0.25, -0.2) is 0 Å². The normalized spacial score (nSPS) is 11.9. The molecule has 0 aliphatic heterocycles. The zero-order valence-electron chi connectivity index (χ0n) is 11.0. The quantitative estimate of drug-likeness (QED) is 0.907. The Kier molecular flexibility index (Phi) is 4.64. The van der Waals surface area contributed by atoms with Gasteiger partial charge in [0.15, 0.2) is 0 Å². The molecule has 0 bridgehead atoms. The summed E-state index contributed by atoms with van der Waals surface area (Å²) in [5.74, 6) is -0.348. The van der Waals surface area contributed by atoms with Gasteiger partial charge in [0, 0.05) is 10.9 Å². The van der Waals surface area contributed by atoms with Gasteiger partial charge >= 0.3 is 5.97 Å². The third-order valence-corrected chi connectivity index (χ3v) is 3.40. The van der Waals surface area contributed by atoms with E-state index in [4.69, 9.17) is 21.4 Å². The Morgan fingerprint density at radius 2 is 1.90 bits per heavy atom. The van der Waals surface area contributed by atoms with Crippen LogP contribution in [0.15, 0.2) is 48.5 Å². The van der Waals surface area contributed by atoms with Crippen LogP contribution in [0.3, 0.4) is 0 Å². The summed E-state index contributed by atoms with van der Waals surface area (Å²) in [6.45, 7) is 0. The second kappa shape index (κ2) is 6.44. The van der Waals surface area contributed by atoms with E-state index in [9.17, 15) is 4.79 Å². The molecule has 0 saturated heterocycles. The van der Waals surface area contributed by atoms with Crippen molar-refractivity contribution in [3.63, 3.8) is 0 Å². The van der Waals surface area contributed by atoms with Gasteiger partial charge in [-0.15, -0.1) is 0 Å². The van der Waals surface area contributed by atoms with Gasteiger partial charge < -0.3 is 9.84 Å². The van der Waals surface area contributed by atoms with Crippen molar-refractivity contribution >= 4 is 17.6 Å². The molecule has 0 saturated carbocycles. The first-order chi connectivity index (χ1) is 9.60. The summed E-state index contributed by atoms with van der Waals surface area (Å²) in [4.78, 5) is 11.1. The molecule has 0 fully saturated rings. The van der Waals surface area contributed by atoms with E-state index < -0.39 is 5.97 Å². The van der Waals surface area contributed by atoms with E-state index in [-0.39, 0.29) is 12.3 Å². The highest BCUT2D eigenvalue weighted by molar-refractivity contribution is 6.30. The zero-order valence-corrected chi connectivity index (χ0v) is 11.8. The van der Waals surface area contributed by atoms with E-state index >= 15 is 0 Å². The molecule has 104 valence electrons. The van der Waals surface area contributed by atoms with Crippen molar-refractivity contribution in [2.24, 2.45) is 0 Å². The second-order valence-corrected chi connectivity index (χ2v) is 4.92. The topological polar surface area (TPSA) is 46.5 Å². The van der Waals surface area contributed by atoms with Crippen molar-refractivity contribution in [3.05, 3.63) is 64.7 Å². The first-order valence-corrected chi connectivity index (χ1v) is 6.59. The molecule has 2 aromatic rings. The predicted molar refractivity (Wildman–Crippen MR) is 78.5 cm³/mol. The van der Waals surface area contributed by atoms with Crippen molar-refractivity contribution in [2.45, 2.75) is 12.3 Å². The van der Waals surface area contributed by atoms with Gasteiger partial charge in [0.05, 0.1) is 13.5 Å². The molecule has 0 heterocycles. The third kappa shape index (κ3) is 3.52. The zero-order chi connectivity index (χ0) is 14.5. The molecule has 2 rings (SSSR count). The molecule has 1 N–H and O–H groups in total. The minimum atomic E-state index is -0.840. The Hall–Kier alpha value is -2.00. The summed E-state index contributed by atoms with van der Waals surface area (Å²) in [5.41, 5.74) is 1.83. The average molecular weight is 291 g/mol. The number of benzene rings is 2. The number of rotatable bonds is 5. The number of carboxylic acids is 1. The lowest BCUT2D eigenvalue weighted by molar-refractivity contribution is -0.137. The lowest BCUT2D eigenvalue weighted by atomic mass is 9.88. The summed E-state index contributed by atoms with van der Waals surface area (Å²) in [6.07, 6.45) is 0.0226. The molecular weight excluding hydrogens is 276 g/mol. The van der Waals surface area contributed by atoms with Crippen LogP contribution in [0.25, 0.3) is 0 Å². The van der Waals surface area contributed by atoms with Crippen LogP contribution >= 0.6 is 11.6 Å². The Morgan fingerprint density at radius 3 is 2.50 bits per heavy atom. The molecule has 0 aromatic heterocycles. The van der Waals surface area contributed by atoms with Gasteiger partial charge in [-0.2, -0.15) is 0 Å². The first kappa shape index (κ1) is 14.4. The maximum Gasteiger partial charge on any atom is 0.304 e. The lowest BCUT2D eigenvalue weighted by Gasteiger charge is -2.17. The summed E-state index contributed by atoms with van der Waals surface area (Å²) in [5, 5.41) is 9.76. The maximum atomic E-state index is 11.1. The highest BCUT2D eigenvalue weighted by Gasteiger charge is 2.18. The SMILES string of the molecule is COc1cccc(C(CC(=O)O)c2ccc(Cl)cc2)c1. The van der Waals surface area contributed by atoms with Crippen LogP contribution in [0.4, 0.5) is 0 Å². The standard InChI is InChI=1S/C16H15ClO3/c1-20-14-4-2-3-12(9-14)15(10-16(18)19)11-5-7-13(17)8-6-11/h2-9,15H,10H2,1H3,(H,18,19). The van der Waals surface area contributed by atoms with E-state index in [0.717, 1.165) is 11.1 Å². The molecule has 4 heteroatoms. The van der Waals surface area contributed by atoms with Gasteiger partial charge in [-0.1, -0.05) is 35.9 Å². The van der Waals surface area contributed by atoms with E-state index in [1.54, 1.807) is 19.2 Å². The van der Waals surface area contributed by atoms with E-state index in [1.165, 1.54) is 0 Å². The molecule has 0 aliphatic carbocycles. The van der Waals surface area contributed by atoms with E-state index in [2.05, 4.69) is 0 Å². The van der Waals surface area contributed by atoms with Crippen molar-refractivity contribution in [1.29, 1.82) is 0 Å². The van der Waals surface area contributed by atoms with Crippen LogP contribution in [0.1, 0.15) is 23.5 Å². The summed E-state index contributed by atoms with van der Waals surface area (Å²) in [6, 6.07) is 14.7. The van der Waals surface area contributed by atoms with Gasteiger partial charge in [0.25, 0.3) is 0 Å². The number of carbonyl (C=O) groups is 1. The molecular formula is C16H15ClO3. The summed E-state index contributed by atoms with van der Waals surface area (Å²) in [7, 11) is 1.59. The van der Waals surface area contributed by atoms with Crippen molar-refractivity contribution in [1.82, 2.24) is 0 Å². The van der Waals surface area contributed by atoms with E-state index in [0.29, 0.717) is 10.8 Å². The molecule has 2 aromatic carbocycles. The smallest absolute Gasteiger partial charge is 0.304 e. The fraction of sp³-hybridized carbons (Fsp3) is 0.188. The van der Waals surface area contributed by atoms with Crippen LogP contribution in [0, 0.1) is 0 Å². The third-order valence-electron chi connectivity index (χ3n) is 3.15. The number of aliphatic carboxylic acids is 1. The minimum Gasteiger partial charge on any atom is -0.497 e. The van der Waals surface area contributed by atoms with Gasteiger partial charge in [0.1, 0.15) is 5.75 Å². The van der Waals surface area contributed by atoms with Gasteiger partial charge in [-0.05, 0) is 35.4 Å². The van der Waals surface area contributed by atoms with Gasteiger partial charge in [0.2, 0.25) is 0 Å². The fourth-order valence-electron chi connectivity index (χ4n) is 2.16. The molecule has 1 atom stereocenters. The Bertz CT molecular complexity index is 593. The van der Waals surface area contributed by atoms with Crippen LogP contribution in [0.5, 0.6) is 5.75 Å². The number of methoxy groups -OCH3 is 1. The largest absolute Gasteiger partial charge is 0.497 e. The number of ether oxygens (including phenoxy) is 1. The molecule has 0 amide bonds. The molecule has 0 radical (unpaired) electrons. The Labute approximate surface area is 122 Å². The number of hydrogen-bond acceptors (Lipinski definition) is 2. The number of carboxylic acid groups (broad SMARTS) is 1. The molecule has 0 spiro atoms. The molecule has 0 aliphatic rings. The van der Waals surface area contributed by atoms with Crippen LogP contribution in [0.2, 0.25) is 5.02 Å². The van der Waals surface area contributed by atoms with Crippen molar-refractivity contribution in [2.75, 3.05) is 7.11 Å². The second-order valence-electron chi connectivity index (χ2n) is 4.48. The molecule has 1 unspecified atom stereocenters. The maximum absolute atomic E-state index is 11.1. The fourth-order valence-corrected chi connectivity index (χ4v) is 2.28.